The lowest BCUT2D eigenvalue weighted by molar-refractivity contribution is -0.0889. The van der Waals surface area contributed by atoms with E-state index in [4.69, 9.17) is 15.0 Å². The third kappa shape index (κ3) is 2.71. The molecule has 0 amide bonds. The Kier molecular flexibility index (Phi) is 3.80. The van der Waals surface area contributed by atoms with E-state index in [1.54, 1.807) is 0 Å². The lowest BCUT2D eigenvalue weighted by atomic mass is 9.63. The topological polar surface area (TPSA) is 73.3 Å². The molecule has 0 spiro atoms. The van der Waals surface area contributed by atoms with Gasteiger partial charge in [0.25, 0.3) is 0 Å². The number of benzene rings is 1. The summed E-state index contributed by atoms with van der Waals surface area (Å²) in [6, 6.07) is 6.22. The highest BCUT2D eigenvalue weighted by molar-refractivity contribution is 5.78. The molecule has 3 saturated carbocycles. The molecule has 134 valence electrons. The Balaban J connectivity index is 1.57. The van der Waals surface area contributed by atoms with Crippen LogP contribution in [0.25, 0.3) is 11.1 Å². The molecule has 3 fully saturated rings. The van der Waals surface area contributed by atoms with Gasteiger partial charge in [0, 0.05) is 18.2 Å². The molecular formula is C20H27N3O2. The van der Waals surface area contributed by atoms with Gasteiger partial charge in [-0.1, -0.05) is 11.2 Å². The molecule has 25 heavy (non-hydrogen) atoms. The van der Waals surface area contributed by atoms with Gasteiger partial charge in [-0.3, -0.25) is 0 Å². The number of methoxy groups -OCH3 is 1. The van der Waals surface area contributed by atoms with Crippen LogP contribution in [0.3, 0.4) is 0 Å². The number of ether oxygens (including phenoxy) is 1. The molecular weight excluding hydrogens is 314 g/mol. The maximum absolute atomic E-state index is 6.39. The van der Waals surface area contributed by atoms with Gasteiger partial charge in [0.15, 0.2) is 0 Å². The van der Waals surface area contributed by atoms with E-state index in [-0.39, 0.29) is 11.1 Å². The van der Waals surface area contributed by atoms with Gasteiger partial charge in [0.2, 0.25) is 0 Å². The van der Waals surface area contributed by atoms with Crippen LogP contribution in [-0.4, -0.2) is 23.4 Å². The van der Waals surface area contributed by atoms with Crippen molar-refractivity contribution in [3.63, 3.8) is 0 Å². The van der Waals surface area contributed by atoms with Crippen molar-refractivity contribution in [2.24, 2.45) is 0 Å². The highest BCUT2D eigenvalue weighted by atomic mass is 16.5. The summed E-state index contributed by atoms with van der Waals surface area (Å²) in [6.07, 6.45) is 6.83. The van der Waals surface area contributed by atoms with Gasteiger partial charge in [-0.2, -0.15) is 0 Å². The van der Waals surface area contributed by atoms with E-state index in [0.717, 1.165) is 72.5 Å². The van der Waals surface area contributed by atoms with Crippen molar-refractivity contribution in [3.05, 3.63) is 29.7 Å². The molecule has 3 N–H and O–H groups in total. The standard InChI is InChI=1S/C20H27N3O2/c1-13-18(14(2)25-23-13)15-4-5-17(16(21)12-15)22-19-6-9-20(24-3,10-7-19)11-8-19/h4-5,12,22H,6-11,21H2,1-3H3. The van der Waals surface area contributed by atoms with Crippen molar-refractivity contribution in [2.75, 3.05) is 18.2 Å². The Labute approximate surface area is 148 Å². The molecule has 3 aliphatic rings. The first-order valence-corrected chi connectivity index (χ1v) is 9.12. The number of nitrogens with two attached hydrogens (primary N) is 1. The third-order valence-electron chi connectivity index (χ3n) is 6.38. The number of aromatic nitrogens is 1. The van der Waals surface area contributed by atoms with Crippen molar-refractivity contribution in [1.82, 2.24) is 5.16 Å². The number of nitrogens with one attached hydrogen (secondary N) is 1. The molecule has 5 heteroatoms. The number of nitrogens with zero attached hydrogens (tertiary/aromatic N) is 1. The minimum atomic E-state index is 0.127. The van der Waals surface area contributed by atoms with Gasteiger partial charge in [0.1, 0.15) is 5.76 Å². The smallest absolute Gasteiger partial charge is 0.141 e. The minimum absolute atomic E-state index is 0.127. The summed E-state index contributed by atoms with van der Waals surface area (Å²) in [5.74, 6) is 0.826. The Bertz CT molecular complexity index is 752. The first kappa shape index (κ1) is 16.5. The van der Waals surface area contributed by atoms with Crippen LogP contribution in [-0.2, 0) is 4.74 Å². The zero-order valence-electron chi connectivity index (χ0n) is 15.3. The van der Waals surface area contributed by atoms with E-state index in [9.17, 15) is 0 Å². The van der Waals surface area contributed by atoms with Crippen LogP contribution in [0.4, 0.5) is 11.4 Å². The number of anilines is 2. The fourth-order valence-electron chi connectivity index (χ4n) is 4.66. The maximum Gasteiger partial charge on any atom is 0.141 e. The summed E-state index contributed by atoms with van der Waals surface area (Å²) in [5.41, 5.74) is 11.5. The van der Waals surface area contributed by atoms with Crippen LogP contribution in [0.2, 0.25) is 0 Å². The van der Waals surface area contributed by atoms with E-state index in [2.05, 4.69) is 22.6 Å². The van der Waals surface area contributed by atoms with Gasteiger partial charge >= 0.3 is 0 Å². The fourth-order valence-corrected chi connectivity index (χ4v) is 4.66. The van der Waals surface area contributed by atoms with E-state index < -0.39 is 0 Å². The van der Waals surface area contributed by atoms with Crippen molar-refractivity contribution in [2.45, 2.75) is 63.5 Å². The van der Waals surface area contributed by atoms with Gasteiger partial charge in [-0.15, -0.1) is 0 Å². The number of hydrogen-bond acceptors (Lipinski definition) is 5. The summed E-state index contributed by atoms with van der Waals surface area (Å²) >= 11 is 0. The Morgan fingerprint density at radius 1 is 1.12 bits per heavy atom. The van der Waals surface area contributed by atoms with Crippen LogP contribution < -0.4 is 11.1 Å². The molecule has 0 saturated heterocycles. The highest BCUT2D eigenvalue weighted by Crippen LogP contribution is 2.50. The van der Waals surface area contributed by atoms with Crippen molar-refractivity contribution in [3.8, 4) is 11.1 Å². The molecule has 3 aliphatic carbocycles. The predicted molar refractivity (Wildman–Crippen MR) is 99.6 cm³/mol. The number of nitrogen functional groups attached to an aromatic ring is 1. The molecule has 0 unspecified atom stereocenters. The van der Waals surface area contributed by atoms with Crippen LogP contribution in [0.15, 0.2) is 22.7 Å². The van der Waals surface area contributed by atoms with Gasteiger partial charge in [-0.25, -0.2) is 0 Å². The zero-order valence-corrected chi connectivity index (χ0v) is 15.3. The number of hydrogen-bond donors (Lipinski definition) is 2. The largest absolute Gasteiger partial charge is 0.397 e. The van der Waals surface area contributed by atoms with E-state index in [1.807, 2.05) is 27.0 Å². The number of rotatable bonds is 4. The van der Waals surface area contributed by atoms with E-state index in [0.29, 0.717) is 0 Å². The van der Waals surface area contributed by atoms with Gasteiger partial charge < -0.3 is 20.3 Å². The van der Waals surface area contributed by atoms with Gasteiger partial charge in [0.05, 0.1) is 22.7 Å². The first-order valence-electron chi connectivity index (χ1n) is 9.12. The molecule has 5 rings (SSSR count). The molecule has 1 aromatic carbocycles. The lowest BCUT2D eigenvalue weighted by Gasteiger charge is -2.53. The fraction of sp³-hybridized carbons (Fsp3) is 0.550. The van der Waals surface area contributed by atoms with Crippen molar-refractivity contribution < 1.29 is 9.26 Å². The number of fused-ring (bicyclic) bond motifs is 3. The molecule has 1 heterocycles. The van der Waals surface area contributed by atoms with Crippen LogP contribution in [0, 0.1) is 13.8 Å². The van der Waals surface area contributed by atoms with Gasteiger partial charge in [-0.05, 0) is 70.1 Å². The second-order valence-electron chi connectivity index (χ2n) is 7.79. The second kappa shape index (κ2) is 5.77. The predicted octanol–water partition coefficient (Wildman–Crippen LogP) is 4.44. The first-order chi connectivity index (χ1) is 12.0. The van der Waals surface area contributed by atoms with Crippen molar-refractivity contribution >= 4 is 11.4 Å². The van der Waals surface area contributed by atoms with Crippen LogP contribution in [0.1, 0.15) is 50.0 Å². The lowest BCUT2D eigenvalue weighted by Crippen LogP contribution is -2.54. The Morgan fingerprint density at radius 2 is 1.80 bits per heavy atom. The molecule has 5 nitrogen and oxygen atoms in total. The molecule has 2 aromatic rings. The summed E-state index contributed by atoms with van der Waals surface area (Å²) in [7, 11) is 1.86. The summed E-state index contributed by atoms with van der Waals surface area (Å²) in [4.78, 5) is 0. The SMILES string of the molecule is COC12CCC(Nc3ccc(-c4c(C)noc4C)cc3N)(CC1)CC2. The molecule has 2 bridgehead atoms. The molecule has 1 aromatic heterocycles. The molecule has 0 atom stereocenters. The Morgan fingerprint density at radius 3 is 2.32 bits per heavy atom. The van der Waals surface area contributed by atoms with E-state index >= 15 is 0 Å². The third-order valence-corrected chi connectivity index (χ3v) is 6.38. The monoisotopic (exact) mass is 341 g/mol. The number of aryl methyl sites for hydroxylation is 2. The average molecular weight is 341 g/mol. The average Bonchev–Trinajstić information content (AvgIpc) is 2.97. The molecule has 0 radical (unpaired) electrons. The highest BCUT2D eigenvalue weighted by Gasteiger charge is 2.48. The summed E-state index contributed by atoms with van der Waals surface area (Å²) in [5, 5.41) is 7.81. The van der Waals surface area contributed by atoms with Crippen LogP contribution >= 0.6 is 0 Å². The zero-order chi connectivity index (χ0) is 17.7. The second-order valence-corrected chi connectivity index (χ2v) is 7.79. The Hall–Kier alpha value is -2.01. The molecule has 0 aliphatic heterocycles. The normalized spacial score (nSPS) is 28.3. The maximum atomic E-state index is 6.39. The van der Waals surface area contributed by atoms with Crippen molar-refractivity contribution in [1.29, 1.82) is 0 Å². The van der Waals surface area contributed by atoms with Crippen LogP contribution in [0.5, 0.6) is 0 Å². The summed E-state index contributed by atoms with van der Waals surface area (Å²) in [6.45, 7) is 3.89. The summed E-state index contributed by atoms with van der Waals surface area (Å²) < 4.78 is 11.1. The van der Waals surface area contributed by atoms with E-state index in [1.165, 1.54) is 0 Å². The minimum Gasteiger partial charge on any atom is -0.397 e. The quantitative estimate of drug-likeness (QED) is 0.804.